The second kappa shape index (κ2) is 11.2. The third-order valence-corrected chi connectivity index (χ3v) is 11.0. The fraction of sp³-hybridized carbons (Fsp3) is 0.600. The van der Waals surface area contributed by atoms with Crippen LogP contribution in [0.2, 0.25) is 0 Å². The van der Waals surface area contributed by atoms with E-state index in [2.05, 4.69) is 0 Å². The second-order valence-electron chi connectivity index (χ2n) is 12.0. The Kier molecular flexibility index (Phi) is 8.10. The Bertz CT molecular complexity index is 1360. The number of primary amides is 1. The molecular weight excluding hydrogens is 564 g/mol. The maximum Gasteiger partial charge on any atom is 0.305 e. The van der Waals surface area contributed by atoms with E-state index in [1.807, 2.05) is 0 Å². The normalized spacial score (nSPS) is 34.6. The van der Waals surface area contributed by atoms with E-state index in [0.29, 0.717) is 16.6 Å². The molecule has 1 aromatic carbocycles. The molecule has 0 radical (unpaired) electrons. The maximum absolute atomic E-state index is 14.4. The van der Waals surface area contributed by atoms with Crippen molar-refractivity contribution in [2.24, 2.45) is 29.4 Å². The summed E-state index contributed by atoms with van der Waals surface area (Å²) in [6.45, 7) is 1.55. The van der Waals surface area contributed by atoms with Crippen LogP contribution in [0.1, 0.15) is 60.9 Å². The lowest BCUT2D eigenvalue weighted by Crippen LogP contribution is -2.78. The molecule has 0 bridgehead atoms. The lowest BCUT2D eigenvalue weighted by Gasteiger charge is -2.57. The van der Waals surface area contributed by atoms with Gasteiger partial charge in [-0.2, -0.15) is 11.8 Å². The SMILES string of the molecule is CCC(=O)O[C@H]1[C@H]2C(C(=O)c3c(O)cccc3[C@@H]2CSC2CCCC2)C(=O)[C@]2(O)C(=O)C(C(N)=O)C(=O)[C@@H](N(C)C)[C@H]12. The number of nitrogens with zero attached hydrogens (tertiary/aromatic N) is 1. The largest absolute Gasteiger partial charge is 0.507 e. The molecule has 4 aliphatic carbocycles. The maximum atomic E-state index is 14.4. The van der Waals surface area contributed by atoms with Gasteiger partial charge in [0.1, 0.15) is 11.9 Å². The molecule has 4 N–H and O–H groups in total. The number of likely N-dealkylation sites (N-methyl/N-ethyl adjacent to an activating group) is 1. The molecule has 5 rings (SSSR count). The Morgan fingerprint density at radius 3 is 2.38 bits per heavy atom. The first-order valence-electron chi connectivity index (χ1n) is 14.3. The van der Waals surface area contributed by atoms with Crippen molar-refractivity contribution in [1.82, 2.24) is 4.90 Å². The summed E-state index contributed by atoms with van der Waals surface area (Å²) >= 11 is 1.67. The van der Waals surface area contributed by atoms with Crippen molar-refractivity contribution in [2.75, 3.05) is 19.8 Å². The van der Waals surface area contributed by atoms with Crippen LogP contribution < -0.4 is 5.73 Å². The molecule has 3 fully saturated rings. The second-order valence-corrected chi connectivity index (χ2v) is 13.3. The predicted octanol–water partition coefficient (Wildman–Crippen LogP) is 1.02. The molecule has 4 aliphatic rings. The highest BCUT2D eigenvalue weighted by Gasteiger charge is 2.74. The van der Waals surface area contributed by atoms with Gasteiger partial charge in [-0.1, -0.05) is 31.9 Å². The minimum atomic E-state index is -3.02. The highest BCUT2D eigenvalue weighted by atomic mass is 32.2. The number of carbonyl (C=O) groups is 6. The van der Waals surface area contributed by atoms with Gasteiger partial charge >= 0.3 is 5.97 Å². The minimum Gasteiger partial charge on any atom is -0.507 e. The Labute approximate surface area is 247 Å². The molecule has 0 spiro atoms. The van der Waals surface area contributed by atoms with Crippen LogP contribution >= 0.6 is 11.8 Å². The van der Waals surface area contributed by atoms with Gasteiger partial charge in [-0.05, 0) is 38.6 Å². The van der Waals surface area contributed by atoms with Gasteiger partial charge in [0.05, 0.1) is 23.4 Å². The van der Waals surface area contributed by atoms with Crippen LogP contribution in [0.4, 0.5) is 0 Å². The molecule has 226 valence electrons. The van der Waals surface area contributed by atoms with Crippen LogP contribution in [0.25, 0.3) is 0 Å². The summed E-state index contributed by atoms with van der Waals surface area (Å²) in [5.74, 6) is -13.3. The predicted molar refractivity (Wildman–Crippen MR) is 151 cm³/mol. The Hall–Kier alpha value is -3.09. The van der Waals surface area contributed by atoms with Crippen molar-refractivity contribution in [1.29, 1.82) is 0 Å². The molecule has 0 aliphatic heterocycles. The quantitative estimate of drug-likeness (QED) is 0.300. The smallest absolute Gasteiger partial charge is 0.305 e. The average Bonchev–Trinajstić information content (AvgIpc) is 3.45. The third-order valence-electron chi connectivity index (χ3n) is 9.49. The summed E-state index contributed by atoms with van der Waals surface area (Å²) in [6, 6.07) is 3.20. The summed E-state index contributed by atoms with van der Waals surface area (Å²) in [7, 11) is 2.97. The molecule has 1 aromatic rings. The van der Waals surface area contributed by atoms with Gasteiger partial charge < -0.3 is 20.7 Å². The number of amides is 1. The zero-order chi connectivity index (χ0) is 30.7. The Balaban J connectivity index is 1.75. The van der Waals surface area contributed by atoms with E-state index in [4.69, 9.17) is 10.5 Å². The lowest BCUT2D eigenvalue weighted by atomic mass is 9.49. The number of benzene rings is 1. The van der Waals surface area contributed by atoms with Crippen molar-refractivity contribution < 1.29 is 43.7 Å². The van der Waals surface area contributed by atoms with E-state index in [1.54, 1.807) is 30.8 Å². The van der Waals surface area contributed by atoms with E-state index in [1.165, 1.54) is 25.1 Å². The average molecular weight is 601 g/mol. The molecular formula is C30H36N2O9S. The monoisotopic (exact) mass is 600 g/mol. The highest BCUT2D eigenvalue weighted by molar-refractivity contribution is 7.99. The molecule has 2 unspecified atom stereocenters. The van der Waals surface area contributed by atoms with Crippen LogP contribution in [-0.4, -0.2) is 93.0 Å². The summed E-state index contributed by atoms with van der Waals surface area (Å²) < 4.78 is 5.94. The van der Waals surface area contributed by atoms with Crippen molar-refractivity contribution in [3.8, 4) is 5.75 Å². The fourth-order valence-corrected chi connectivity index (χ4v) is 9.16. The van der Waals surface area contributed by atoms with Gasteiger partial charge in [0.15, 0.2) is 34.7 Å². The third kappa shape index (κ3) is 4.49. The molecule has 11 nitrogen and oxygen atoms in total. The number of aliphatic hydroxyl groups is 1. The van der Waals surface area contributed by atoms with Crippen LogP contribution in [0.5, 0.6) is 5.75 Å². The number of phenolic OH excluding ortho intramolecular Hbond substituents is 1. The summed E-state index contributed by atoms with van der Waals surface area (Å²) in [5.41, 5.74) is 2.80. The molecule has 0 saturated heterocycles. The van der Waals surface area contributed by atoms with Crippen molar-refractivity contribution in [2.45, 2.75) is 67.9 Å². The molecule has 1 amide bonds. The van der Waals surface area contributed by atoms with Crippen LogP contribution in [-0.2, 0) is 28.7 Å². The van der Waals surface area contributed by atoms with Gasteiger partial charge in [0, 0.05) is 29.3 Å². The van der Waals surface area contributed by atoms with Crippen LogP contribution in [0.3, 0.4) is 0 Å². The number of Topliss-reactive ketones (excluding diaryl/α,β-unsaturated/α-hetero) is 4. The Morgan fingerprint density at radius 2 is 1.79 bits per heavy atom. The molecule has 0 heterocycles. The topological polar surface area (TPSA) is 181 Å². The molecule has 0 aromatic heterocycles. The number of carbonyl (C=O) groups excluding carboxylic acids is 6. The number of thioether (sulfide) groups is 1. The molecule has 12 heteroatoms. The standard InChI is InChI=1S/C30H36N2O9S/c1-4-17(34)41-26-19-15(12-42-13-8-5-6-9-13)14-10-7-11-16(33)18(14)24(35)20(19)27(37)30(40)22(26)23(32(2)3)25(36)21(28(30)38)29(31)39/h7,10-11,13,15,19-23,26,33,40H,4-6,8-9,12H2,1-3H3,(H2,31,39)/t15-,19+,20?,21?,22+,23-,26-,30-/m0/s1. The number of fused-ring (bicyclic) bond motifs is 3. The molecule has 3 saturated carbocycles. The van der Waals surface area contributed by atoms with E-state index in [0.717, 1.165) is 25.7 Å². The number of rotatable bonds is 7. The van der Waals surface area contributed by atoms with E-state index in [9.17, 15) is 39.0 Å². The number of aromatic hydroxyl groups is 1. The van der Waals surface area contributed by atoms with Gasteiger partial charge in [-0.3, -0.25) is 33.7 Å². The number of hydrogen-bond donors (Lipinski definition) is 3. The molecule has 8 atom stereocenters. The lowest BCUT2D eigenvalue weighted by molar-refractivity contribution is -0.205. The summed E-state index contributed by atoms with van der Waals surface area (Å²) in [5, 5.41) is 23.2. The number of nitrogens with two attached hydrogens (primary N) is 1. The fourth-order valence-electron chi connectivity index (χ4n) is 7.61. The first-order valence-corrected chi connectivity index (χ1v) is 15.4. The highest BCUT2D eigenvalue weighted by Crippen LogP contribution is 2.56. The van der Waals surface area contributed by atoms with Gasteiger partial charge in [-0.25, -0.2) is 0 Å². The first kappa shape index (κ1) is 30.4. The summed E-state index contributed by atoms with van der Waals surface area (Å²) in [6.07, 6.45) is 2.68. The van der Waals surface area contributed by atoms with E-state index < -0.39 is 82.3 Å². The number of ether oxygens (including phenoxy) is 1. The van der Waals surface area contributed by atoms with Crippen molar-refractivity contribution >= 4 is 46.8 Å². The van der Waals surface area contributed by atoms with Crippen LogP contribution in [0, 0.1) is 23.7 Å². The van der Waals surface area contributed by atoms with Crippen molar-refractivity contribution in [3.63, 3.8) is 0 Å². The van der Waals surface area contributed by atoms with Gasteiger partial charge in [-0.15, -0.1) is 0 Å². The Morgan fingerprint density at radius 1 is 1.12 bits per heavy atom. The zero-order valence-corrected chi connectivity index (χ0v) is 24.6. The van der Waals surface area contributed by atoms with Crippen LogP contribution in [0.15, 0.2) is 18.2 Å². The number of esters is 1. The van der Waals surface area contributed by atoms with Crippen molar-refractivity contribution in [3.05, 3.63) is 29.3 Å². The number of phenols is 1. The number of ketones is 4. The zero-order valence-electron chi connectivity index (χ0n) is 23.8. The van der Waals surface area contributed by atoms with Gasteiger partial charge in [0.25, 0.3) is 0 Å². The number of hydrogen-bond acceptors (Lipinski definition) is 11. The van der Waals surface area contributed by atoms with E-state index >= 15 is 0 Å². The summed E-state index contributed by atoms with van der Waals surface area (Å²) in [4.78, 5) is 82.5. The first-order chi connectivity index (χ1) is 19.9. The minimum absolute atomic E-state index is 0.0818. The van der Waals surface area contributed by atoms with Gasteiger partial charge in [0.2, 0.25) is 5.91 Å². The van der Waals surface area contributed by atoms with E-state index in [-0.39, 0.29) is 17.7 Å². The molecule has 42 heavy (non-hydrogen) atoms.